The highest BCUT2D eigenvalue weighted by atomic mass is 32.2. The number of furan rings is 1. The van der Waals surface area contributed by atoms with Crippen molar-refractivity contribution in [2.75, 3.05) is 20.0 Å². The molecule has 5 nitrogen and oxygen atoms in total. The average Bonchev–Trinajstić information content (AvgIpc) is 3.24. The van der Waals surface area contributed by atoms with Crippen molar-refractivity contribution in [1.29, 1.82) is 0 Å². The number of rotatable bonds is 5. The Hall–Kier alpha value is -2.60. The second-order valence-corrected chi connectivity index (χ2v) is 7.08. The number of amides is 1. The number of carbonyl (C=O) groups excluding carboxylic acids is 1. The molecule has 1 amide bonds. The van der Waals surface area contributed by atoms with Gasteiger partial charge in [0.1, 0.15) is 28.2 Å². The first-order valence-corrected chi connectivity index (χ1v) is 9.35. The van der Waals surface area contributed by atoms with E-state index in [2.05, 4.69) is 0 Å². The maximum Gasteiger partial charge on any atom is 0.234 e. The van der Waals surface area contributed by atoms with Crippen molar-refractivity contribution < 1.29 is 18.7 Å². The number of para-hydroxylation sites is 1. The van der Waals surface area contributed by atoms with Crippen LogP contribution in [0.25, 0.3) is 11.0 Å². The normalized spacial score (nSPS) is 17.1. The van der Waals surface area contributed by atoms with Crippen molar-refractivity contribution in [3.05, 3.63) is 59.9 Å². The fraction of sp³-hybridized carbons (Fsp3) is 0.250. The third-order valence-electron chi connectivity index (χ3n) is 4.48. The van der Waals surface area contributed by atoms with E-state index in [0.717, 1.165) is 22.3 Å². The highest BCUT2D eigenvalue weighted by Crippen LogP contribution is 2.47. The molecule has 1 aromatic heterocycles. The predicted octanol–water partition coefficient (Wildman–Crippen LogP) is 4.22. The van der Waals surface area contributed by atoms with Crippen LogP contribution in [-0.4, -0.2) is 30.8 Å². The molecule has 1 aliphatic rings. The van der Waals surface area contributed by atoms with Crippen LogP contribution in [-0.2, 0) is 11.3 Å². The molecule has 2 aromatic carbocycles. The summed E-state index contributed by atoms with van der Waals surface area (Å²) >= 11 is 1.57. The molecule has 1 unspecified atom stereocenters. The molecule has 0 saturated carbocycles. The van der Waals surface area contributed by atoms with Crippen LogP contribution >= 0.6 is 11.8 Å². The van der Waals surface area contributed by atoms with E-state index < -0.39 is 0 Å². The molecule has 1 atom stereocenters. The second kappa shape index (κ2) is 6.96. The standard InChI is InChI=1S/C20H19NO4S/c1-23-16-8-5-9-17(24-2)19(16)20-21(18(22)12-26-20)11-14-10-13-6-3-4-7-15(13)25-14/h3-10,20H,11-12H2,1-2H3. The van der Waals surface area contributed by atoms with Crippen molar-refractivity contribution in [3.63, 3.8) is 0 Å². The van der Waals surface area contributed by atoms with Gasteiger partial charge in [-0.15, -0.1) is 11.8 Å². The van der Waals surface area contributed by atoms with E-state index in [1.807, 2.05) is 53.4 Å². The first-order chi connectivity index (χ1) is 12.7. The van der Waals surface area contributed by atoms with Crippen LogP contribution in [0, 0.1) is 0 Å². The van der Waals surface area contributed by atoms with Gasteiger partial charge in [-0.2, -0.15) is 0 Å². The summed E-state index contributed by atoms with van der Waals surface area (Å²) < 4.78 is 17.0. The largest absolute Gasteiger partial charge is 0.496 e. The summed E-state index contributed by atoms with van der Waals surface area (Å²) in [7, 11) is 3.26. The van der Waals surface area contributed by atoms with Crippen molar-refractivity contribution in [1.82, 2.24) is 4.90 Å². The van der Waals surface area contributed by atoms with Gasteiger partial charge in [-0.25, -0.2) is 0 Å². The third-order valence-corrected chi connectivity index (χ3v) is 5.70. The van der Waals surface area contributed by atoms with Crippen LogP contribution in [0.5, 0.6) is 11.5 Å². The highest BCUT2D eigenvalue weighted by Gasteiger charge is 2.37. The lowest BCUT2D eigenvalue weighted by Crippen LogP contribution is -2.28. The van der Waals surface area contributed by atoms with Crippen molar-refractivity contribution in [3.8, 4) is 11.5 Å². The Labute approximate surface area is 155 Å². The molecule has 0 spiro atoms. The van der Waals surface area contributed by atoms with Gasteiger partial charge in [0.05, 0.1) is 32.1 Å². The lowest BCUT2D eigenvalue weighted by Gasteiger charge is -2.26. The van der Waals surface area contributed by atoms with Crippen molar-refractivity contribution >= 4 is 28.6 Å². The SMILES string of the molecule is COc1cccc(OC)c1C1SCC(=O)N1Cc1cc2ccccc2o1. The minimum atomic E-state index is -0.179. The number of methoxy groups -OCH3 is 2. The molecule has 0 bridgehead atoms. The number of hydrogen-bond donors (Lipinski definition) is 0. The van der Waals surface area contributed by atoms with E-state index in [4.69, 9.17) is 13.9 Å². The molecule has 1 fully saturated rings. The molecule has 0 radical (unpaired) electrons. The Kier molecular flexibility index (Phi) is 4.51. The minimum absolute atomic E-state index is 0.0772. The number of nitrogens with zero attached hydrogens (tertiary/aromatic N) is 1. The molecule has 1 aliphatic heterocycles. The Morgan fingerprint density at radius 2 is 1.85 bits per heavy atom. The van der Waals surface area contributed by atoms with E-state index in [1.165, 1.54) is 0 Å². The van der Waals surface area contributed by atoms with Gasteiger partial charge in [0.25, 0.3) is 0 Å². The van der Waals surface area contributed by atoms with Crippen LogP contribution in [0.15, 0.2) is 52.9 Å². The van der Waals surface area contributed by atoms with E-state index in [1.54, 1.807) is 26.0 Å². The third kappa shape index (κ3) is 2.90. The fourth-order valence-corrected chi connectivity index (χ4v) is 4.51. The Morgan fingerprint density at radius 3 is 2.54 bits per heavy atom. The van der Waals surface area contributed by atoms with E-state index >= 15 is 0 Å². The molecule has 2 heterocycles. The maximum atomic E-state index is 12.6. The molecule has 0 aliphatic carbocycles. The van der Waals surface area contributed by atoms with Crippen LogP contribution in [0.2, 0.25) is 0 Å². The summed E-state index contributed by atoms with van der Waals surface area (Å²) in [5.74, 6) is 2.69. The highest BCUT2D eigenvalue weighted by molar-refractivity contribution is 8.00. The number of benzene rings is 2. The monoisotopic (exact) mass is 369 g/mol. The van der Waals surface area contributed by atoms with Gasteiger partial charge in [0.2, 0.25) is 5.91 Å². The zero-order chi connectivity index (χ0) is 18.1. The van der Waals surface area contributed by atoms with Gasteiger partial charge in [-0.05, 0) is 24.3 Å². The summed E-state index contributed by atoms with van der Waals surface area (Å²) in [6.07, 6.45) is 0. The number of ether oxygens (including phenoxy) is 2. The van der Waals surface area contributed by atoms with Gasteiger partial charge >= 0.3 is 0 Å². The Morgan fingerprint density at radius 1 is 1.12 bits per heavy atom. The van der Waals surface area contributed by atoms with Crippen molar-refractivity contribution in [2.45, 2.75) is 11.9 Å². The number of hydrogen-bond acceptors (Lipinski definition) is 5. The lowest BCUT2D eigenvalue weighted by molar-refractivity contribution is -0.128. The van der Waals surface area contributed by atoms with Crippen LogP contribution in [0.1, 0.15) is 16.7 Å². The maximum absolute atomic E-state index is 12.6. The topological polar surface area (TPSA) is 51.9 Å². The first kappa shape index (κ1) is 16.8. The summed E-state index contributed by atoms with van der Waals surface area (Å²) in [4.78, 5) is 14.4. The zero-order valence-corrected chi connectivity index (χ0v) is 15.4. The molecular weight excluding hydrogens is 350 g/mol. The van der Waals surface area contributed by atoms with Gasteiger partial charge in [-0.3, -0.25) is 4.79 Å². The lowest BCUT2D eigenvalue weighted by atomic mass is 10.1. The predicted molar refractivity (Wildman–Crippen MR) is 102 cm³/mol. The Balaban J connectivity index is 1.70. The molecule has 3 aromatic rings. The molecule has 134 valence electrons. The summed E-state index contributed by atoms with van der Waals surface area (Å²) in [6, 6.07) is 15.5. The van der Waals surface area contributed by atoms with Crippen LogP contribution in [0.3, 0.4) is 0 Å². The second-order valence-electron chi connectivity index (χ2n) is 6.01. The smallest absolute Gasteiger partial charge is 0.234 e. The molecular formula is C20H19NO4S. The zero-order valence-electron chi connectivity index (χ0n) is 14.6. The number of thioether (sulfide) groups is 1. The molecule has 0 N–H and O–H groups in total. The van der Waals surface area contributed by atoms with E-state index in [9.17, 15) is 4.79 Å². The van der Waals surface area contributed by atoms with Gasteiger partial charge < -0.3 is 18.8 Å². The minimum Gasteiger partial charge on any atom is -0.496 e. The van der Waals surface area contributed by atoms with Crippen LogP contribution < -0.4 is 9.47 Å². The fourth-order valence-electron chi connectivity index (χ4n) is 3.27. The van der Waals surface area contributed by atoms with Gasteiger partial charge in [0, 0.05) is 5.39 Å². The molecule has 4 rings (SSSR count). The average molecular weight is 369 g/mol. The van der Waals surface area contributed by atoms with Gasteiger partial charge in [-0.1, -0.05) is 24.3 Å². The number of carbonyl (C=O) groups is 1. The summed E-state index contributed by atoms with van der Waals surface area (Å²) in [5, 5.41) is 0.857. The Bertz CT molecular complexity index is 897. The molecule has 6 heteroatoms. The van der Waals surface area contributed by atoms with Crippen molar-refractivity contribution in [2.24, 2.45) is 0 Å². The summed E-state index contributed by atoms with van der Waals surface area (Å²) in [6.45, 7) is 0.409. The van der Waals surface area contributed by atoms with E-state index in [-0.39, 0.29) is 11.3 Å². The summed E-state index contributed by atoms with van der Waals surface area (Å²) in [5.41, 5.74) is 1.71. The number of fused-ring (bicyclic) bond motifs is 1. The van der Waals surface area contributed by atoms with E-state index in [0.29, 0.717) is 23.8 Å². The molecule has 1 saturated heterocycles. The quantitative estimate of drug-likeness (QED) is 0.674. The van der Waals surface area contributed by atoms with Gasteiger partial charge in [0.15, 0.2) is 0 Å². The molecule has 26 heavy (non-hydrogen) atoms. The van der Waals surface area contributed by atoms with Crippen LogP contribution in [0.4, 0.5) is 0 Å². The first-order valence-electron chi connectivity index (χ1n) is 8.30.